The van der Waals surface area contributed by atoms with Crippen LogP contribution < -0.4 is 0 Å². The van der Waals surface area contributed by atoms with E-state index in [1.807, 2.05) is 23.4 Å². The second-order valence-electron chi connectivity index (χ2n) is 5.64. The molecule has 1 amide bonds. The van der Waals surface area contributed by atoms with Gasteiger partial charge in [0.25, 0.3) is 0 Å². The van der Waals surface area contributed by atoms with Gasteiger partial charge in [0, 0.05) is 28.8 Å². The molecule has 21 heavy (non-hydrogen) atoms. The highest BCUT2D eigenvalue weighted by atomic mass is 32.1. The van der Waals surface area contributed by atoms with Gasteiger partial charge in [-0.25, -0.2) is 0 Å². The molecule has 0 atom stereocenters. The quantitative estimate of drug-likeness (QED) is 0.689. The van der Waals surface area contributed by atoms with Crippen molar-refractivity contribution in [3.63, 3.8) is 0 Å². The van der Waals surface area contributed by atoms with Gasteiger partial charge in [-0.05, 0) is 18.9 Å². The van der Waals surface area contributed by atoms with E-state index in [1.165, 1.54) is 25.7 Å². The summed E-state index contributed by atoms with van der Waals surface area (Å²) in [4.78, 5) is 15.5. The average molecular weight is 305 g/mol. The summed E-state index contributed by atoms with van der Waals surface area (Å²) in [5.74, 6) is 6.04. The molecule has 0 bridgehead atoms. The maximum Gasteiger partial charge on any atom is 0.225 e. The van der Waals surface area contributed by atoms with Gasteiger partial charge >= 0.3 is 0 Å². The lowest BCUT2D eigenvalue weighted by molar-refractivity contribution is -0.135. The number of hydrogen-bond acceptors (Lipinski definition) is 3. The van der Waals surface area contributed by atoms with Gasteiger partial charge in [0.05, 0.1) is 6.54 Å². The number of amides is 1. The topological polar surface area (TPSA) is 40.5 Å². The number of carbonyl (C=O) groups is 1. The minimum Gasteiger partial charge on any atom is -0.384 e. The standard InChI is InChI=1S/C17H23NO2S/c1-18(17(20)15-8-4-2-3-5-9-15)12-16-11-14(13-21-16)7-6-10-19/h11,13,15,19H,2-5,8-10,12H2,1H3. The van der Waals surface area contributed by atoms with Crippen LogP contribution in [-0.2, 0) is 11.3 Å². The van der Waals surface area contributed by atoms with E-state index in [2.05, 4.69) is 11.8 Å². The molecule has 1 aromatic rings. The fourth-order valence-electron chi connectivity index (χ4n) is 2.82. The predicted molar refractivity (Wildman–Crippen MR) is 85.9 cm³/mol. The number of thiophene rings is 1. The van der Waals surface area contributed by atoms with Gasteiger partial charge < -0.3 is 10.0 Å². The summed E-state index contributed by atoms with van der Waals surface area (Å²) in [5.41, 5.74) is 0.916. The second kappa shape index (κ2) is 8.21. The average Bonchev–Trinajstić information content (AvgIpc) is 2.75. The first-order valence-electron chi connectivity index (χ1n) is 7.63. The molecule has 114 valence electrons. The van der Waals surface area contributed by atoms with Crippen LogP contribution in [0.2, 0.25) is 0 Å². The fourth-order valence-corrected chi connectivity index (χ4v) is 3.69. The lowest BCUT2D eigenvalue weighted by Crippen LogP contribution is -2.32. The minimum absolute atomic E-state index is 0.120. The number of hydrogen-bond donors (Lipinski definition) is 1. The molecule has 1 heterocycles. The summed E-state index contributed by atoms with van der Waals surface area (Å²) in [6.45, 7) is 0.534. The lowest BCUT2D eigenvalue weighted by atomic mass is 9.99. The SMILES string of the molecule is CN(Cc1cc(C#CCO)cs1)C(=O)C1CCCCCC1. The Morgan fingerprint density at radius 3 is 2.76 bits per heavy atom. The summed E-state index contributed by atoms with van der Waals surface area (Å²) in [7, 11) is 1.89. The van der Waals surface area contributed by atoms with Gasteiger partial charge in [-0.15, -0.1) is 11.3 Å². The van der Waals surface area contributed by atoms with Gasteiger partial charge in [0.2, 0.25) is 5.91 Å². The van der Waals surface area contributed by atoms with E-state index in [-0.39, 0.29) is 18.4 Å². The molecule has 1 fully saturated rings. The van der Waals surface area contributed by atoms with Crippen molar-refractivity contribution in [3.8, 4) is 11.8 Å². The maximum atomic E-state index is 12.5. The Hall–Kier alpha value is -1.31. The largest absolute Gasteiger partial charge is 0.384 e. The van der Waals surface area contributed by atoms with Crippen molar-refractivity contribution < 1.29 is 9.90 Å². The van der Waals surface area contributed by atoms with E-state index in [4.69, 9.17) is 5.11 Å². The second-order valence-corrected chi connectivity index (χ2v) is 6.64. The number of nitrogens with zero attached hydrogens (tertiary/aromatic N) is 1. The van der Waals surface area contributed by atoms with Crippen LogP contribution in [0.1, 0.15) is 49.0 Å². The van der Waals surface area contributed by atoms with E-state index < -0.39 is 0 Å². The smallest absolute Gasteiger partial charge is 0.225 e. The van der Waals surface area contributed by atoms with E-state index in [0.29, 0.717) is 6.54 Å². The highest BCUT2D eigenvalue weighted by Gasteiger charge is 2.23. The molecule has 0 aromatic carbocycles. The Morgan fingerprint density at radius 2 is 2.10 bits per heavy atom. The predicted octanol–water partition coefficient (Wildman–Crippen LogP) is 3.02. The zero-order chi connectivity index (χ0) is 15.1. The molecule has 0 aliphatic heterocycles. The number of aliphatic hydroxyl groups is 1. The van der Waals surface area contributed by atoms with Crippen molar-refractivity contribution in [2.75, 3.05) is 13.7 Å². The van der Waals surface area contributed by atoms with Gasteiger partial charge in [0.15, 0.2) is 0 Å². The van der Waals surface area contributed by atoms with Crippen LogP contribution in [0.25, 0.3) is 0 Å². The van der Waals surface area contributed by atoms with Gasteiger partial charge in [0.1, 0.15) is 6.61 Å². The van der Waals surface area contributed by atoms with Crippen molar-refractivity contribution >= 4 is 17.2 Å². The maximum absolute atomic E-state index is 12.5. The number of aliphatic hydroxyl groups excluding tert-OH is 1. The summed E-state index contributed by atoms with van der Waals surface area (Å²) in [6.07, 6.45) is 6.99. The molecule has 0 spiro atoms. The van der Waals surface area contributed by atoms with Gasteiger partial charge in [-0.2, -0.15) is 0 Å². The molecule has 1 saturated carbocycles. The molecule has 1 aliphatic rings. The van der Waals surface area contributed by atoms with Crippen LogP contribution >= 0.6 is 11.3 Å². The van der Waals surface area contributed by atoms with E-state index >= 15 is 0 Å². The third-order valence-corrected chi connectivity index (χ3v) is 4.86. The third kappa shape index (κ3) is 4.87. The highest BCUT2D eigenvalue weighted by Crippen LogP contribution is 2.25. The molecule has 0 saturated heterocycles. The Labute approximate surface area is 131 Å². The van der Waals surface area contributed by atoms with Crippen molar-refractivity contribution in [2.45, 2.75) is 45.1 Å². The Morgan fingerprint density at radius 1 is 1.38 bits per heavy atom. The van der Waals surface area contributed by atoms with Crippen LogP contribution in [0, 0.1) is 17.8 Å². The zero-order valence-corrected chi connectivity index (χ0v) is 13.4. The molecular formula is C17H23NO2S. The Bertz CT molecular complexity index is 518. The Kier molecular flexibility index (Phi) is 6.28. The molecule has 1 aromatic heterocycles. The molecule has 1 N–H and O–H groups in total. The fraction of sp³-hybridized carbons (Fsp3) is 0.588. The third-order valence-electron chi connectivity index (χ3n) is 3.94. The number of rotatable bonds is 3. The minimum atomic E-state index is -0.120. The van der Waals surface area contributed by atoms with E-state index in [1.54, 1.807) is 11.3 Å². The number of carbonyl (C=O) groups excluding carboxylic acids is 1. The monoisotopic (exact) mass is 305 g/mol. The van der Waals surface area contributed by atoms with Crippen LogP contribution in [0.4, 0.5) is 0 Å². The van der Waals surface area contributed by atoms with Crippen molar-refractivity contribution in [3.05, 3.63) is 21.9 Å². The van der Waals surface area contributed by atoms with Crippen molar-refractivity contribution in [2.24, 2.45) is 5.92 Å². The van der Waals surface area contributed by atoms with Crippen LogP contribution in [0.5, 0.6) is 0 Å². The molecule has 1 aliphatic carbocycles. The van der Waals surface area contributed by atoms with E-state index in [0.717, 1.165) is 23.3 Å². The van der Waals surface area contributed by atoms with Crippen molar-refractivity contribution in [1.82, 2.24) is 4.90 Å². The van der Waals surface area contributed by atoms with Crippen LogP contribution in [0.3, 0.4) is 0 Å². The lowest BCUT2D eigenvalue weighted by Gasteiger charge is -2.22. The van der Waals surface area contributed by atoms with Gasteiger partial charge in [-0.1, -0.05) is 37.5 Å². The highest BCUT2D eigenvalue weighted by molar-refractivity contribution is 7.10. The molecule has 2 rings (SSSR count). The van der Waals surface area contributed by atoms with Gasteiger partial charge in [-0.3, -0.25) is 4.79 Å². The first-order chi connectivity index (χ1) is 10.2. The molecule has 0 radical (unpaired) electrons. The Balaban J connectivity index is 1.91. The first-order valence-corrected chi connectivity index (χ1v) is 8.51. The molecule has 0 unspecified atom stereocenters. The van der Waals surface area contributed by atoms with Crippen LogP contribution in [-0.4, -0.2) is 29.6 Å². The zero-order valence-electron chi connectivity index (χ0n) is 12.6. The summed E-state index contributed by atoms with van der Waals surface area (Å²) in [6, 6.07) is 2.00. The normalized spacial score (nSPS) is 15.9. The van der Waals surface area contributed by atoms with Crippen LogP contribution in [0.15, 0.2) is 11.4 Å². The molecular weight excluding hydrogens is 282 g/mol. The summed E-state index contributed by atoms with van der Waals surface area (Å²) in [5, 5.41) is 10.7. The molecule has 3 nitrogen and oxygen atoms in total. The first kappa shape index (κ1) is 16.1. The van der Waals surface area contributed by atoms with E-state index in [9.17, 15) is 4.79 Å². The summed E-state index contributed by atoms with van der Waals surface area (Å²) < 4.78 is 0. The molecule has 4 heteroatoms. The van der Waals surface area contributed by atoms with Crippen molar-refractivity contribution in [1.29, 1.82) is 0 Å². The summed E-state index contributed by atoms with van der Waals surface area (Å²) >= 11 is 1.62.